The van der Waals surface area contributed by atoms with Crippen molar-refractivity contribution < 1.29 is 13.9 Å². The Labute approximate surface area is 102 Å². The third-order valence-corrected chi connectivity index (χ3v) is 2.41. The Balaban J connectivity index is 2.52. The van der Waals surface area contributed by atoms with Gasteiger partial charge in [-0.3, -0.25) is 4.79 Å². The van der Waals surface area contributed by atoms with Gasteiger partial charge in [0, 0.05) is 18.3 Å². The molecular formula is C11H11FN4O2. The summed E-state index contributed by atoms with van der Waals surface area (Å²) in [6.45, 7) is 0. The van der Waals surface area contributed by atoms with E-state index < -0.39 is 11.7 Å². The second-order valence-electron chi connectivity index (χ2n) is 3.58. The van der Waals surface area contributed by atoms with Gasteiger partial charge in [0.15, 0.2) is 5.82 Å². The minimum atomic E-state index is -0.635. The first-order chi connectivity index (χ1) is 8.52. The SMILES string of the molecule is COc1cc(-n2cc(C(N)=O)cn2)c(F)cc1N. The Kier molecular flexibility index (Phi) is 2.88. The van der Waals surface area contributed by atoms with Crippen molar-refractivity contribution in [3.05, 3.63) is 35.9 Å². The first-order valence-corrected chi connectivity index (χ1v) is 5.00. The molecule has 0 aliphatic rings. The number of ether oxygens (including phenoxy) is 1. The maximum absolute atomic E-state index is 13.8. The molecule has 7 heteroatoms. The van der Waals surface area contributed by atoms with E-state index >= 15 is 0 Å². The molecule has 0 saturated carbocycles. The summed E-state index contributed by atoms with van der Waals surface area (Å²) in [6.07, 6.45) is 2.58. The third-order valence-electron chi connectivity index (χ3n) is 2.41. The topological polar surface area (TPSA) is 96.2 Å². The van der Waals surface area contributed by atoms with E-state index in [1.54, 1.807) is 0 Å². The van der Waals surface area contributed by atoms with E-state index in [9.17, 15) is 9.18 Å². The third kappa shape index (κ3) is 1.97. The molecule has 1 heterocycles. The quantitative estimate of drug-likeness (QED) is 0.784. The molecule has 0 aliphatic heterocycles. The van der Waals surface area contributed by atoms with Crippen molar-refractivity contribution in [2.45, 2.75) is 0 Å². The second kappa shape index (κ2) is 4.36. The maximum atomic E-state index is 13.8. The summed E-state index contributed by atoms with van der Waals surface area (Å²) in [7, 11) is 1.42. The number of amides is 1. The number of halogens is 1. The highest BCUT2D eigenvalue weighted by Crippen LogP contribution is 2.27. The highest BCUT2D eigenvalue weighted by Gasteiger charge is 2.12. The fourth-order valence-corrected chi connectivity index (χ4v) is 1.49. The first kappa shape index (κ1) is 11.9. The molecule has 18 heavy (non-hydrogen) atoms. The number of aromatic nitrogens is 2. The monoisotopic (exact) mass is 250 g/mol. The van der Waals surface area contributed by atoms with Gasteiger partial charge in [-0.25, -0.2) is 9.07 Å². The van der Waals surface area contributed by atoms with E-state index in [4.69, 9.17) is 16.2 Å². The zero-order valence-corrected chi connectivity index (χ0v) is 9.55. The molecule has 2 aromatic rings. The number of hydrogen-bond donors (Lipinski definition) is 2. The van der Waals surface area contributed by atoms with E-state index in [1.807, 2.05) is 0 Å². The van der Waals surface area contributed by atoms with Gasteiger partial charge in [0.05, 0.1) is 24.6 Å². The van der Waals surface area contributed by atoms with Crippen LogP contribution in [0.1, 0.15) is 10.4 Å². The van der Waals surface area contributed by atoms with Crippen LogP contribution in [0.25, 0.3) is 5.69 Å². The van der Waals surface area contributed by atoms with E-state index in [-0.39, 0.29) is 16.9 Å². The lowest BCUT2D eigenvalue weighted by Crippen LogP contribution is -2.09. The van der Waals surface area contributed by atoms with Crippen molar-refractivity contribution in [2.24, 2.45) is 5.73 Å². The number of nitrogen functional groups attached to an aromatic ring is 1. The molecule has 0 unspecified atom stereocenters. The smallest absolute Gasteiger partial charge is 0.251 e. The summed E-state index contributed by atoms with van der Waals surface area (Å²) >= 11 is 0. The fraction of sp³-hybridized carbons (Fsp3) is 0.0909. The van der Waals surface area contributed by atoms with Crippen LogP contribution < -0.4 is 16.2 Å². The molecule has 1 amide bonds. The van der Waals surface area contributed by atoms with Gasteiger partial charge in [0.1, 0.15) is 11.4 Å². The zero-order chi connectivity index (χ0) is 13.3. The molecule has 0 spiro atoms. The van der Waals surface area contributed by atoms with Gasteiger partial charge in [-0.15, -0.1) is 0 Å². The number of anilines is 1. The van der Waals surface area contributed by atoms with Gasteiger partial charge >= 0.3 is 0 Å². The molecule has 0 atom stereocenters. The number of benzene rings is 1. The average Bonchev–Trinajstić information content (AvgIpc) is 2.78. The van der Waals surface area contributed by atoms with Crippen LogP contribution in [0, 0.1) is 5.82 Å². The van der Waals surface area contributed by atoms with Crippen LogP contribution in [0.3, 0.4) is 0 Å². The molecule has 94 valence electrons. The van der Waals surface area contributed by atoms with Crippen LogP contribution >= 0.6 is 0 Å². The van der Waals surface area contributed by atoms with Crippen molar-refractivity contribution >= 4 is 11.6 Å². The fourth-order valence-electron chi connectivity index (χ4n) is 1.49. The van der Waals surface area contributed by atoms with Gasteiger partial charge < -0.3 is 16.2 Å². The van der Waals surface area contributed by atoms with E-state index in [0.717, 1.165) is 6.07 Å². The molecule has 4 N–H and O–H groups in total. The van der Waals surface area contributed by atoms with Gasteiger partial charge in [0.25, 0.3) is 5.91 Å². The Morgan fingerprint density at radius 3 is 2.78 bits per heavy atom. The lowest BCUT2D eigenvalue weighted by molar-refractivity contribution is 0.100. The Bertz CT molecular complexity index is 609. The van der Waals surface area contributed by atoms with Crippen LogP contribution in [0.15, 0.2) is 24.5 Å². The highest BCUT2D eigenvalue weighted by molar-refractivity contribution is 5.92. The number of primary amides is 1. The minimum absolute atomic E-state index is 0.119. The summed E-state index contributed by atoms with van der Waals surface area (Å²) in [4.78, 5) is 10.9. The molecule has 2 rings (SSSR count). The standard InChI is InChI=1S/C11H11FN4O2/c1-18-10-3-9(7(12)2-8(10)13)16-5-6(4-15-16)11(14)17/h2-5H,13H2,1H3,(H2,14,17). The summed E-state index contributed by atoms with van der Waals surface area (Å²) in [6, 6.07) is 2.52. The van der Waals surface area contributed by atoms with Gasteiger partial charge in [0.2, 0.25) is 0 Å². The Morgan fingerprint density at radius 1 is 1.50 bits per heavy atom. The summed E-state index contributed by atoms with van der Waals surface area (Å²) in [5, 5.41) is 3.85. The zero-order valence-electron chi connectivity index (χ0n) is 9.55. The number of nitrogens with zero attached hydrogens (tertiary/aromatic N) is 2. The average molecular weight is 250 g/mol. The largest absolute Gasteiger partial charge is 0.495 e. The highest BCUT2D eigenvalue weighted by atomic mass is 19.1. The first-order valence-electron chi connectivity index (χ1n) is 5.00. The van der Waals surface area contributed by atoms with Crippen molar-refractivity contribution in [1.82, 2.24) is 9.78 Å². The van der Waals surface area contributed by atoms with Crippen molar-refractivity contribution in [3.63, 3.8) is 0 Å². The normalized spacial score (nSPS) is 10.3. The summed E-state index contributed by atoms with van der Waals surface area (Å²) in [5.41, 5.74) is 11.1. The molecule has 0 fully saturated rings. The molecule has 0 radical (unpaired) electrons. The lowest BCUT2D eigenvalue weighted by Gasteiger charge is -2.08. The van der Waals surface area contributed by atoms with Gasteiger partial charge in [-0.05, 0) is 0 Å². The van der Waals surface area contributed by atoms with Crippen molar-refractivity contribution in [3.8, 4) is 11.4 Å². The maximum Gasteiger partial charge on any atom is 0.251 e. The van der Waals surface area contributed by atoms with Crippen LogP contribution in [-0.2, 0) is 0 Å². The van der Waals surface area contributed by atoms with Crippen molar-refractivity contribution in [1.29, 1.82) is 0 Å². The van der Waals surface area contributed by atoms with E-state index in [2.05, 4.69) is 5.10 Å². The van der Waals surface area contributed by atoms with Crippen LogP contribution in [0.4, 0.5) is 10.1 Å². The molecule has 0 saturated heterocycles. The van der Waals surface area contributed by atoms with Crippen LogP contribution in [0.2, 0.25) is 0 Å². The Morgan fingerprint density at radius 2 is 2.22 bits per heavy atom. The number of nitrogens with two attached hydrogens (primary N) is 2. The lowest BCUT2D eigenvalue weighted by atomic mass is 10.2. The number of methoxy groups -OCH3 is 1. The number of carbonyl (C=O) groups excluding carboxylic acids is 1. The van der Waals surface area contributed by atoms with E-state index in [1.165, 1.54) is 30.3 Å². The summed E-state index contributed by atoms with van der Waals surface area (Å²) < 4.78 is 19.9. The number of carbonyl (C=O) groups is 1. The number of rotatable bonds is 3. The second-order valence-corrected chi connectivity index (χ2v) is 3.58. The minimum Gasteiger partial charge on any atom is -0.495 e. The van der Waals surface area contributed by atoms with Gasteiger partial charge in [-0.2, -0.15) is 5.10 Å². The molecule has 1 aromatic carbocycles. The molecule has 6 nitrogen and oxygen atoms in total. The summed E-state index contributed by atoms with van der Waals surface area (Å²) in [5.74, 6) is -0.890. The molecule has 0 aliphatic carbocycles. The predicted molar refractivity (Wildman–Crippen MR) is 63.0 cm³/mol. The predicted octanol–water partition coefficient (Wildman–Crippen LogP) is 0.701. The van der Waals surface area contributed by atoms with E-state index in [0.29, 0.717) is 5.75 Å². The molecular weight excluding hydrogens is 239 g/mol. The molecule has 0 bridgehead atoms. The number of hydrogen-bond acceptors (Lipinski definition) is 4. The van der Waals surface area contributed by atoms with Crippen LogP contribution in [-0.4, -0.2) is 22.8 Å². The molecule has 1 aromatic heterocycles. The van der Waals surface area contributed by atoms with Crippen LogP contribution in [0.5, 0.6) is 5.75 Å². The van der Waals surface area contributed by atoms with Gasteiger partial charge in [-0.1, -0.05) is 0 Å². The Hall–Kier alpha value is -2.57. The van der Waals surface area contributed by atoms with Crippen molar-refractivity contribution in [2.75, 3.05) is 12.8 Å².